The van der Waals surface area contributed by atoms with Gasteiger partial charge in [0.15, 0.2) is 5.65 Å². The van der Waals surface area contributed by atoms with E-state index in [0.717, 1.165) is 12.8 Å². The molecule has 29 heavy (non-hydrogen) atoms. The van der Waals surface area contributed by atoms with Gasteiger partial charge >= 0.3 is 0 Å². The number of sulfonamides is 1. The Labute approximate surface area is 167 Å². The monoisotopic (exact) mass is 412 g/mol. The molecule has 5 rings (SSSR count). The van der Waals surface area contributed by atoms with E-state index in [1.54, 1.807) is 52.1 Å². The number of para-hydroxylation sites is 1. The summed E-state index contributed by atoms with van der Waals surface area (Å²) >= 11 is 0. The molecule has 0 bridgehead atoms. The molecule has 1 fully saturated rings. The Kier molecular flexibility index (Phi) is 4.25. The van der Waals surface area contributed by atoms with Crippen molar-refractivity contribution in [2.45, 2.75) is 23.9 Å². The van der Waals surface area contributed by atoms with Gasteiger partial charge in [-0.15, -0.1) is 0 Å². The summed E-state index contributed by atoms with van der Waals surface area (Å²) in [5, 5.41) is 7.48. The molecule has 0 spiro atoms. The van der Waals surface area contributed by atoms with Crippen LogP contribution in [0.15, 0.2) is 53.8 Å². The van der Waals surface area contributed by atoms with Gasteiger partial charge in [-0.25, -0.2) is 17.9 Å². The number of carbonyl (C=O) groups excluding carboxylic acids is 1. The van der Waals surface area contributed by atoms with Crippen LogP contribution in [0, 0.1) is 5.92 Å². The van der Waals surface area contributed by atoms with Crippen LogP contribution in [-0.4, -0.2) is 53.1 Å². The van der Waals surface area contributed by atoms with Crippen LogP contribution >= 0.6 is 0 Å². The van der Waals surface area contributed by atoms with Crippen molar-refractivity contribution in [3.8, 4) is 0 Å². The van der Waals surface area contributed by atoms with Crippen LogP contribution in [0.1, 0.15) is 23.2 Å². The second kappa shape index (κ2) is 6.82. The number of benzene rings is 1. The predicted molar refractivity (Wildman–Crippen MR) is 106 cm³/mol. The zero-order valence-corrected chi connectivity index (χ0v) is 16.3. The van der Waals surface area contributed by atoms with E-state index >= 15 is 0 Å². The van der Waals surface area contributed by atoms with Crippen molar-refractivity contribution in [1.82, 2.24) is 24.2 Å². The van der Waals surface area contributed by atoms with Gasteiger partial charge < -0.3 is 10.2 Å². The standard InChI is InChI=1S/C19H20N6O3S/c26-19(14-11-21-25-10-4-8-20-18(14)25)24-9-3-5-13(12-24)17-22-15-6-1-2-7-16(15)29(27,28)23-17/h1-2,4,6-8,10-11,13,17,22-23H,3,5,9,12H2. The second-order valence-corrected chi connectivity index (χ2v) is 9.02. The van der Waals surface area contributed by atoms with E-state index in [-0.39, 0.29) is 16.7 Å². The fourth-order valence-electron chi connectivity index (χ4n) is 4.08. The molecule has 0 radical (unpaired) electrons. The van der Waals surface area contributed by atoms with Crippen molar-refractivity contribution in [3.63, 3.8) is 0 Å². The highest BCUT2D eigenvalue weighted by molar-refractivity contribution is 7.89. The summed E-state index contributed by atoms with van der Waals surface area (Å²) in [6, 6.07) is 8.60. The first kappa shape index (κ1) is 18.1. The summed E-state index contributed by atoms with van der Waals surface area (Å²) in [4.78, 5) is 19.4. The highest BCUT2D eigenvalue weighted by atomic mass is 32.2. The fourth-order valence-corrected chi connectivity index (χ4v) is 5.46. The van der Waals surface area contributed by atoms with Crippen LogP contribution in [0.3, 0.4) is 0 Å². The lowest BCUT2D eigenvalue weighted by atomic mass is 9.94. The summed E-state index contributed by atoms with van der Waals surface area (Å²) in [6.07, 6.45) is 6.06. The minimum absolute atomic E-state index is 0.0503. The zero-order valence-electron chi connectivity index (χ0n) is 15.5. The van der Waals surface area contributed by atoms with Gasteiger partial charge in [-0.2, -0.15) is 9.82 Å². The first-order chi connectivity index (χ1) is 14.0. The first-order valence-electron chi connectivity index (χ1n) is 9.48. The Bertz CT molecular complexity index is 1190. The maximum atomic E-state index is 13.1. The van der Waals surface area contributed by atoms with Gasteiger partial charge in [0.05, 0.1) is 18.1 Å². The summed E-state index contributed by atoms with van der Waals surface area (Å²) in [5.41, 5.74) is 1.56. The Hall–Kier alpha value is -2.98. The molecule has 10 heteroatoms. The molecule has 2 unspecified atom stereocenters. The van der Waals surface area contributed by atoms with Crippen molar-refractivity contribution >= 4 is 27.3 Å². The van der Waals surface area contributed by atoms with Gasteiger partial charge in [0.1, 0.15) is 10.5 Å². The minimum Gasteiger partial charge on any atom is -0.368 e. The number of carbonyl (C=O) groups is 1. The van der Waals surface area contributed by atoms with Gasteiger partial charge in [0, 0.05) is 31.4 Å². The van der Waals surface area contributed by atoms with Gasteiger partial charge in [-0.1, -0.05) is 12.1 Å². The highest BCUT2D eigenvalue weighted by Crippen LogP contribution is 2.30. The topological polar surface area (TPSA) is 109 Å². The second-order valence-electron chi connectivity index (χ2n) is 7.34. The molecule has 0 saturated carbocycles. The number of likely N-dealkylation sites (tertiary alicyclic amines) is 1. The number of nitrogens with zero attached hydrogens (tertiary/aromatic N) is 4. The average Bonchev–Trinajstić information content (AvgIpc) is 3.17. The third kappa shape index (κ3) is 3.14. The number of fused-ring (bicyclic) bond motifs is 2. The molecular formula is C19H20N6O3S. The minimum atomic E-state index is -3.59. The third-order valence-corrected chi connectivity index (χ3v) is 7.00. The van der Waals surface area contributed by atoms with E-state index in [1.165, 1.54) is 6.20 Å². The molecule has 1 aromatic carbocycles. The maximum absolute atomic E-state index is 13.1. The molecule has 2 aromatic heterocycles. The number of piperidine rings is 1. The molecule has 2 aliphatic heterocycles. The Balaban J connectivity index is 1.38. The molecule has 2 N–H and O–H groups in total. The van der Waals surface area contributed by atoms with Crippen LogP contribution in [0.5, 0.6) is 0 Å². The van der Waals surface area contributed by atoms with E-state index in [9.17, 15) is 13.2 Å². The molecule has 9 nitrogen and oxygen atoms in total. The summed E-state index contributed by atoms with van der Waals surface area (Å²) < 4.78 is 29.6. The van der Waals surface area contributed by atoms with Crippen molar-refractivity contribution in [2.75, 3.05) is 18.4 Å². The van der Waals surface area contributed by atoms with Crippen LogP contribution in [0.25, 0.3) is 5.65 Å². The lowest BCUT2D eigenvalue weighted by Gasteiger charge is -2.39. The number of nitrogens with one attached hydrogen (secondary N) is 2. The molecule has 4 heterocycles. The molecule has 3 aromatic rings. The number of amides is 1. The molecule has 1 amide bonds. The van der Waals surface area contributed by atoms with Crippen molar-refractivity contribution in [1.29, 1.82) is 0 Å². The zero-order chi connectivity index (χ0) is 20.0. The number of anilines is 1. The molecule has 1 saturated heterocycles. The number of rotatable bonds is 2. The van der Waals surface area contributed by atoms with E-state index in [1.807, 2.05) is 0 Å². The van der Waals surface area contributed by atoms with E-state index in [4.69, 9.17) is 0 Å². The lowest BCUT2D eigenvalue weighted by Crippen LogP contribution is -2.54. The van der Waals surface area contributed by atoms with Crippen molar-refractivity contribution < 1.29 is 13.2 Å². The highest BCUT2D eigenvalue weighted by Gasteiger charge is 2.37. The normalized spacial score (nSPS) is 23.4. The molecule has 150 valence electrons. The van der Waals surface area contributed by atoms with Crippen molar-refractivity contribution in [2.24, 2.45) is 5.92 Å². The lowest BCUT2D eigenvalue weighted by molar-refractivity contribution is 0.0660. The van der Waals surface area contributed by atoms with Gasteiger partial charge in [0.2, 0.25) is 10.0 Å². The van der Waals surface area contributed by atoms with Gasteiger partial charge in [0.25, 0.3) is 5.91 Å². The smallest absolute Gasteiger partial charge is 0.259 e. The van der Waals surface area contributed by atoms with Crippen molar-refractivity contribution in [3.05, 3.63) is 54.5 Å². The summed E-state index contributed by atoms with van der Waals surface area (Å²) in [7, 11) is -3.59. The summed E-state index contributed by atoms with van der Waals surface area (Å²) in [6.45, 7) is 1.07. The van der Waals surface area contributed by atoms with Crippen LogP contribution in [0.4, 0.5) is 5.69 Å². The van der Waals surface area contributed by atoms with E-state index in [0.29, 0.717) is 30.0 Å². The fraction of sp³-hybridized carbons (Fsp3) is 0.316. The first-order valence-corrected chi connectivity index (χ1v) is 11.0. The average molecular weight is 412 g/mol. The number of aromatic nitrogens is 3. The molecule has 2 atom stereocenters. The third-order valence-electron chi connectivity index (χ3n) is 5.50. The SMILES string of the molecule is O=C(c1cnn2cccnc12)N1CCCC(C2Nc3ccccc3S(=O)(=O)N2)C1. The Morgan fingerprint density at radius 3 is 2.97 bits per heavy atom. The molecule has 2 aliphatic rings. The Morgan fingerprint density at radius 2 is 2.07 bits per heavy atom. The molecule has 0 aliphatic carbocycles. The number of hydrogen-bond donors (Lipinski definition) is 2. The maximum Gasteiger partial charge on any atom is 0.259 e. The van der Waals surface area contributed by atoms with Crippen LogP contribution in [-0.2, 0) is 10.0 Å². The predicted octanol–water partition coefficient (Wildman–Crippen LogP) is 1.31. The number of hydrogen-bond acceptors (Lipinski definition) is 6. The summed E-state index contributed by atoms with van der Waals surface area (Å²) in [5.74, 6) is -0.187. The van der Waals surface area contributed by atoms with E-state index in [2.05, 4.69) is 20.1 Å². The Morgan fingerprint density at radius 1 is 1.21 bits per heavy atom. The molecular weight excluding hydrogens is 392 g/mol. The quantitative estimate of drug-likeness (QED) is 0.657. The van der Waals surface area contributed by atoms with Gasteiger partial charge in [-0.05, 0) is 31.0 Å². The van der Waals surface area contributed by atoms with Crippen LogP contribution < -0.4 is 10.0 Å². The van der Waals surface area contributed by atoms with Gasteiger partial charge in [-0.3, -0.25) is 4.79 Å². The van der Waals surface area contributed by atoms with Crippen LogP contribution in [0.2, 0.25) is 0 Å². The van der Waals surface area contributed by atoms with E-state index < -0.39 is 16.2 Å². The largest absolute Gasteiger partial charge is 0.368 e.